The molecule has 108 valence electrons. The maximum absolute atomic E-state index is 11.7. The quantitative estimate of drug-likeness (QED) is 0.475. The maximum Gasteiger partial charge on any atom is 0.237 e. The number of carbonyl (C=O) groups is 1. The number of hydrogen-bond donors (Lipinski definition) is 0. The molecule has 1 amide bonds. The Morgan fingerprint density at radius 2 is 2.30 bits per heavy atom. The van der Waals surface area contributed by atoms with Crippen LogP contribution in [0.25, 0.3) is 0 Å². The average Bonchev–Trinajstić information content (AvgIpc) is 2.47. The summed E-state index contributed by atoms with van der Waals surface area (Å²) in [6.07, 6.45) is 2.10. The Labute approximate surface area is 124 Å². The van der Waals surface area contributed by atoms with Gasteiger partial charge in [-0.1, -0.05) is 24.6 Å². The molecule has 1 heterocycles. The van der Waals surface area contributed by atoms with E-state index in [0.29, 0.717) is 12.4 Å². The van der Waals surface area contributed by atoms with E-state index in [1.165, 1.54) is 0 Å². The first-order valence-corrected chi connectivity index (χ1v) is 7.82. The predicted molar refractivity (Wildman–Crippen MR) is 83.6 cm³/mol. The number of fused-ring (bicyclic) bond motifs is 1. The van der Waals surface area contributed by atoms with E-state index in [1.807, 2.05) is 32.2 Å². The Kier molecular flexibility index (Phi) is 5.06. The van der Waals surface area contributed by atoms with E-state index in [1.54, 1.807) is 16.7 Å². The smallest absolute Gasteiger partial charge is 0.237 e. The topological polar surface area (TPSA) is 41.9 Å². The van der Waals surface area contributed by atoms with E-state index in [0.717, 1.165) is 34.7 Å². The molecular formula is C15H20N2O2S. The second kappa shape index (κ2) is 6.79. The molecule has 5 heteroatoms. The fraction of sp³-hybridized carbons (Fsp3) is 0.467. The highest BCUT2D eigenvalue weighted by atomic mass is 32.2. The largest absolute Gasteiger partial charge is 0.396 e. The fourth-order valence-electron chi connectivity index (χ4n) is 1.90. The first kappa shape index (κ1) is 14.9. The third-order valence-electron chi connectivity index (χ3n) is 3.25. The number of carbonyl (C=O) groups excluding carboxylic acids is 1. The molecule has 0 aliphatic carbocycles. The molecule has 0 aromatic heterocycles. The van der Waals surface area contributed by atoms with Crippen LogP contribution < -0.4 is 4.90 Å². The van der Waals surface area contributed by atoms with Gasteiger partial charge in [0.1, 0.15) is 6.61 Å². The Balaban J connectivity index is 2.16. The minimum atomic E-state index is 0.133. The summed E-state index contributed by atoms with van der Waals surface area (Å²) >= 11 is 1.58. The van der Waals surface area contributed by atoms with Crippen LogP contribution in [-0.4, -0.2) is 31.0 Å². The molecule has 4 nitrogen and oxygen atoms in total. The van der Waals surface area contributed by atoms with Crippen molar-refractivity contribution in [2.24, 2.45) is 5.16 Å². The van der Waals surface area contributed by atoms with Crippen molar-refractivity contribution in [2.75, 3.05) is 24.3 Å². The zero-order valence-corrected chi connectivity index (χ0v) is 13.0. The Hall–Kier alpha value is -1.49. The molecule has 1 aromatic rings. The molecule has 0 radical (unpaired) electrons. The third kappa shape index (κ3) is 3.33. The lowest BCUT2D eigenvalue weighted by Crippen LogP contribution is -2.31. The maximum atomic E-state index is 11.7. The van der Waals surface area contributed by atoms with Gasteiger partial charge in [0.25, 0.3) is 0 Å². The molecule has 0 spiro atoms. The highest BCUT2D eigenvalue weighted by Gasteiger charge is 2.21. The third-order valence-corrected chi connectivity index (χ3v) is 4.30. The molecule has 20 heavy (non-hydrogen) atoms. The Bertz CT molecular complexity index is 529. The van der Waals surface area contributed by atoms with Crippen LogP contribution in [-0.2, 0) is 9.63 Å². The average molecular weight is 292 g/mol. The van der Waals surface area contributed by atoms with Gasteiger partial charge in [-0.2, -0.15) is 0 Å². The van der Waals surface area contributed by atoms with Crippen molar-refractivity contribution in [3.63, 3.8) is 0 Å². The molecule has 1 aromatic carbocycles. The van der Waals surface area contributed by atoms with E-state index < -0.39 is 0 Å². The van der Waals surface area contributed by atoms with Gasteiger partial charge in [0.2, 0.25) is 5.91 Å². The van der Waals surface area contributed by atoms with Gasteiger partial charge in [-0.3, -0.25) is 4.79 Å². The molecule has 0 saturated heterocycles. The number of unbranched alkanes of at least 4 members (excludes halogenated alkanes) is 1. The van der Waals surface area contributed by atoms with Crippen LogP contribution in [0.5, 0.6) is 0 Å². The van der Waals surface area contributed by atoms with Crippen LogP contribution >= 0.6 is 11.8 Å². The summed E-state index contributed by atoms with van der Waals surface area (Å²) in [6, 6.07) is 6.07. The first-order valence-electron chi connectivity index (χ1n) is 6.83. The van der Waals surface area contributed by atoms with Crippen LogP contribution in [0, 0.1) is 0 Å². The fourth-order valence-corrected chi connectivity index (χ4v) is 2.88. The SMILES string of the molecule is CCCCO/N=C(/C)c1ccc2c(c1)N(C)C(=O)CS2. The van der Waals surface area contributed by atoms with Crippen molar-refractivity contribution in [1.82, 2.24) is 0 Å². The summed E-state index contributed by atoms with van der Waals surface area (Å²) < 4.78 is 0. The highest BCUT2D eigenvalue weighted by molar-refractivity contribution is 8.00. The van der Waals surface area contributed by atoms with Gasteiger partial charge in [-0.25, -0.2) is 0 Å². The van der Waals surface area contributed by atoms with Gasteiger partial charge in [0, 0.05) is 17.5 Å². The summed E-state index contributed by atoms with van der Waals surface area (Å²) in [6.45, 7) is 4.69. The van der Waals surface area contributed by atoms with Crippen molar-refractivity contribution < 1.29 is 9.63 Å². The summed E-state index contributed by atoms with van der Waals surface area (Å²) in [5.74, 6) is 0.643. The molecule has 1 aliphatic heterocycles. The van der Waals surface area contributed by atoms with Gasteiger partial charge >= 0.3 is 0 Å². The number of amides is 1. The molecule has 0 fully saturated rings. The predicted octanol–water partition coefficient (Wildman–Crippen LogP) is 3.30. The number of benzene rings is 1. The van der Waals surface area contributed by atoms with Crippen molar-refractivity contribution in [3.8, 4) is 0 Å². The number of oxime groups is 1. The molecule has 0 N–H and O–H groups in total. The van der Waals surface area contributed by atoms with E-state index in [4.69, 9.17) is 4.84 Å². The molecule has 1 aliphatic rings. The van der Waals surface area contributed by atoms with Crippen LogP contribution in [0.3, 0.4) is 0 Å². The molecular weight excluding hydrogens is 272 g/mol. The van der Waals surface area contributed by atoms with Crippen molar-refractivity contribution in [2.45, 2.75) is 31.6 Å². The monoisotopic (exact) mass is 292 g/mol. The lowest BCUT2D eigenvalue weighted by atomic mass is 10.1. The zero-order chi connectivity index (χ0) is 14.5. The second-order valence-corrected chi connectivity index (χ2v) is 5.80. The Morgan fingerprint density at radius 3 is 3.05 bits per heavy atom. The second-order valence-electron chi connectivity index (χ2n) is 4.79. The van der Waals surface area contributed by atoms with Crippen molar-refractivity contribution in [3.05, 3.63) is 23.8 Å². The number of hydrogen-bond acceptors (Lipinski definition) is 4. The zero-order valence-electron chi connectivity index (χ0n) is 12.2. The molecule has 0 saturated carbocycles. The lowest BCUT2D eigenvalue weighted by Gasteiger charge is -2.25. The highest BCUT2D eigenvalue weighted by Crippen LogP contribution is 2.35. The van der Waals surface area contributed by atoms with Gasteiger partial charge in [-0.15, -0.1) is 11.8 Å². The van der Waals surface area contributed by atoms with Gasteiger partial charge in [0.05, 0.1) is 17.2 Å². The molecule has 0 atom stereocenters. The van der Waals surface area contributed by atoms with Crippen LogP contribution in [0.15, 0.2) is 28.3 Å². The van der Waals surface area contributed by atoms with E-state index in [-0.39, 0.29) is 5.91 Å². The van der Waals surface area contributed by atoms with Gasteiger partial charge in [0.15, 0.2) is 0 Å². The summed E-state index contributed by atoms with van der Waals surface area (Å²) in [4.78, 5) is 19.9. The van der Waals surface area contributed by atoms with E-state index in [2.05, 4.69) is 12.1 Å². The summed E-state index contributed by atoms with van der Waals surface area (Å²) in [5, 5.41) is 4.13. The van der Waals surface area contributed by atoms with Crippen LogP contribution in [0.1, 0.15) is 32.3 Å². The van der Waals surface area contributed by atoms with Crippen LogP contribution in [0.4, 0.5) is 5.69 Å². The number of thioether (sulfide) groups is 1. The van der Waals surface area contributed by atoms with E-state index >= 15 is 0 Å². The van der Waals surface area contributed by atoms with Crippen molar-refractivity contribution in [1.29, 1.82) is 0 Å². The number of anilines is 1. The normalized spacial score (nSPS) is 15.2. The number of rotatable bonds is 5. The van der Waals surface area contributed by atoms with Gasteiger partial charge in [-0.05, 0) is 25.5 Å². The summed E-state index contributed by atoms with van der Waals surface area (Å²) in [7, 11) is 1.81. The molecule has 0 unspecified atom stereocenters. The minimum absolute atomic E-state index is 0.133. The van der Waals surface area contributed by atoms with E-state index in [9.17, 15) is 4.79 Å². The van der Waals surface area contributed by atoms with Gasteiger partial charge < -0.3 is 9.74 Å². The minimum Gasteiger partial charge on any atom is -0.396 e. The Morgan fingerprint density at radius 1 is 1.50 bits per heavy atom. The molecule has 2 rings (SSSR count). The summed E-state index contributed by atoms with van der Waals surface area (Å²) in [5.41, 5.74) is 2.77. The standard InChI is InChI=1S/C15H20N2O2S/c1-4-5-8-19-16-11(2)12-6-7-14-13(9-12)17(3)15(18)10-20-14/h6-7,9H,4-5,8,10H2,1-3H3/b16-11-. The first-order chi connectivity index (χ1) is 9.63. The lowest BCUT2D eigenvalue weighted by molar-refractivity contribution is -0.116. The van der Waals surface area contributed by atoms with Crippen LogP contribution in [0.2, 0.25) is 0 Å². The molecule has 0 bridgehead atoms. The number of nitrogens with zero attached hydrogens (tertiary/aromatic N) is 2. The van der Waals surface area contributed by atoms with Crippen molar-refractivity contribution >= 4 is 29.1 Å².